The van der Waals surface area contributed by atoms with Gasteiger partial charge in [-0.15, -0.1) is 0 Å². The number of aliphatic imine (C=N–C) groups is 3. The summed E-state index contributed by atoms with van der Waals surface area (Å²) in [7, 11) is 0. The van der Waals surface area contributed by atoms with Gasteiger partial charge in [0.05, 0.1) is 0 Å². The number of amides is 9. The number of rotatable bonds is 25. The van der Waals surface area contributed by atoms with Crippen LogP contribution in [0.1, 0.15) is 109 Å². The van der Waals surface area contributed by atoms with Crippen LogP contribution in [-0.4, -0.2) is 167 Å². The Balaban J connectivity index is 1.37. The van der Waals surface area contributed by atoms with Gasteiger partial charge in [0.1, 0.15) is 54.4 Å². The van der Waals surface area contributed by atoms with Crippen LogP contribution in [0.5, 0.6) is 0 Å². The summed E-state index contributed by atoms with van der Waals surface area (Å²) >= 11 is 0. The molecule has 0 aliphatic carbocycles. The molecule has 3 aromatic carbocycles. The topological polar surface area (TPSA) is 528 Å². The molecule has 7 rings (SSSR count). The van der Waals surface area contributed by atoms with Crippen LogP contribution in [-0.2, 0) is 62.4 Å². The third-order valence-electron chi connectivity index (χ3n) is 17.6. The third kappa shape index (κ3) is 22.2. The van der Waals surface area contributed by atoms with Gasteiger partial charge in [-0.25, -0.2) is 0 Å². The Bertz CT molecular complexity index is 3840. The number of aromatic amines is 3. The molecule has 1 saturated heterocycles. The second-order valence-electron chi connectivity index (χ2n) is 25.4. The number of hydrogen-bond donors (Lipinski definition) is 19. The molecule has 534 valence electrons. The van der Waals surface area contributed by atoms with Crippen LogP contribution in [0.2, 0.25) is 0 Å². The Morgan fingerprint density at radius 3 is 0.980 bits per heavy atom. The fourth-order valence-electron chi connectivity index (χ4n) is 11.9. The zero-order valence-corrected chi connectivity index (χ0v) is 56.6. The molecular weight excluding hydrogens is 1270 g/mol. The Hall–Kier alpha value is -10.7. The minimum Gasteiger partial charge on any atom is -0.370 e. The maximum Gasteiger partial charge on any atom is 0.243 e. The Morgan fingerprint density at radius 1 is 0.374 bits per heavy atom. The number of nitrogens with two attached hydrogens (primary N) is 7. The molecule has 99 heavy (non-hydrogen) atoms. The molecule has 31 heteroatoms. The van der Waals surface area contributed by atoms with E-state index in [1.165, 1.54) is 0 Å². The minimum atomic E-state index is -1.46. The van der Waals surface area contributed by atoms with E-state index in [1.54, 1.807) is 45.4 Å². The number of benzene rings is 3. The van der Waals surface area contributed by atoms with Crippen LogP contribution in [0.4, 0.5) is 0 Å². The summed E-state index contributed by atoms with van der Waals surface area (Å²) in [5, 5.41) is 27.9. The quantitative estimate of drug-likeness (QED) is 0.0196. The van der Waals surface area contributed by atoms with Gasteiger partial charge in [-0.2, -0.15) is 0 Å². The number of para-hydroxylation sites is 3. The van der Waals surface area contributed by atoms with Gasteiger partial charge in [-0.05, 0) is 111 Å². The van der Waals surface area contributed by atoms with Gasteiger partial charge < -0.3 is 103 Å². The van der Waals surface area contributed by atoms with E-state index in [0.29, 0.717) is 36.0 Å². The van der Waals surface area contributed by atoms with Gasteiger partial charge in [-0.3, -0.25) is 58.1 Å². The molecule has 1 aliphatic heterocycles. The summed E-state index contributed by atoms with van der Waals surface area (Å²) in [5.74, 6) is -9.28. The van der Waals surface area contributed by atoms with E-state index in [0.717, 1.165) is 32.7 Å². The van der Waals surface area contributed by atoms with E-state index in [1.807, 2.05) is 73.7 Å². The summed E-state index contributed by atoms with van der Waals surface area (Å²) in [6, 6.07) is 9.24. The van der Waals surface area contributed by atoms with Crippen LogP contribution < -0.4 is 88.0 Å². The van der Waals surface area contributed by atoms with Crippen molar-refractivity contribution in [2.24, 2.45) is 66.9 Å². The first-order valence-electron chi connectivity index (χ1n) is 33.7. The van der Waals surface area contributed by atoms with Crippen LogP contribution in [0.3, 0.4) is 0 Å². The lowest BCUT2D eigenvalue weighted by molar-refractivity contribution is -0.136. The van der Waals surface area contributed by atoms with Gasteiger partial charge >= 0.3 is 0 Å². The lowest BCUT2D eigenvalue weighted by Crippen LogP contribution is -2.61. The molecule has 9 amide bonds. The molecular formula is C68H98N22O9. The van der Waals surface area contributed by atoms with Gasteiger partial charge in [0, 0.05) is 90.2 Å². The number of carbonyl (C=O) groups excluding carboxylic acids is 9. The van der Waals surface area contributed by atoms with Crippen molar-refractivity contribution in [1.82, 2.24) is 62.8 Å². The van der Waals surface area contributed by atoms with Crippen molar-refractivity contribution in [3.05, 3.63) is 108 Å². The molecule has 6 aromatic rings. The lowest BCUT2D eigenvalue weighted by atomic mass is 9.96. The maximum absolute atomic E-state index is 15.3. The highest BCUT2D eigenvalue weighted by Crippen LogP contribution is 2.24. The summed E-state index contributed by atoms with van der Waals surface area (Å²) in [6.07, 6.45) is 5.85. The van der Waals surface area contributed by atoms with Crippen molar-refractivity contribution in [3.8, 4) is 0 Å². The minimum absolute atomic E-state index is 0.0111. The molecule has 31 nitrogen and oxygen atoms in total. The largest absolute Gasteiger partial charge is 0.370 e. The normalized spacial score (nSPS) is 21.8. The van der Waals surface area contributed by atoms with E-state index in [9.17, 15) is 4.79 Å². The molecule has 1 aliphatic rings. The highest BCUT2D eigenvalue weighted by Gasteiger charge is 2.39. The summed E-state index contributed by atoms with van der Waals surface area (Å²) in [6.45, 7) is 7.20. The molecule has 0 unspecified atom stereocenters. The average molecular weight is 1370 g/mol. The molecule has 0 spiro atoms. The molecule has 1 fully saturated rings. The predicted molar refractivity (Wildman–Crippen MR) is 380 cm³/mol. The highest BCUT2D eigenvalue weighted by atomic mass is 16.2. The number of H-pyrrole nitrogens is 3. The molecule has 3 aromatic heterocycles. The van der Waals surface area contributed by atoms with E-state index in [2.05, 4.69) is 77.8 Å². The molecule has 0 bridgehead atoms. The van der Waals surface area contributed by atoms with Crippen LogP contribution in [0, 0.1) is 11.8 Å². The number of guanidine groups is 3. The first-order valence-corrected chi connectivity index (χ1v) is 33.7. The Labute approximate surface area is 574 Å². The monoisotopic (exact) mass is 1370 g/mol. The Kier molecular flexibility index (Phi) is 28.4. The maximum atomic E-state index is 15.3. The fourth-order valence-corrected chi connectivity index (χ4v) is 11.9. The SMILES string of the molecule is CC[C@H](C)[C@@H]1NC(=O)[C@H](Cc2c[nH]c3ccccc23)NC(=O)[C@H](CCCN=C(N)N)NC(=O)[C@H](C(C)C)NC(=O)[C@H](Cc2c[nH]c3ccccc23)NC(=O)[C@H](CCCN=C(N)N)NC(=O)[C@H](CCCN=C(N)N)NC(=O)[C@H](Cc2c[nH]c3ccccc23)NC(=O)[C@H](CCCCN)NC1=O. The van der Waals surface area contributed by atoms with E-state index in [4.69, 9.17) is 40.1 Å². The number of unbranched alkanes of at least 4 members (excludes halogenated alkanes) is 1. The zero-order valence-electron chi connectivity index (χ0n) is 56.6. The predicted octanol–water partition coefficient (Wildman–Crippen LogP) is -0.473. The number of nitrogens with zero attached hydrogens (tertiary/aromatic N) is 3. The highest BCUT2D eigenvalue weighted by molar-refractivity contribution is 6.00. The summed E-state index contributed by atoms with van der Waals surface area (Å²) in [4.78, 5) is 158. The first-order chi connectivity index (χ1) is 47.4. The average Bonchev–Trinajstić information content (AvgIpc) is 1.76. The van der Waals surface area contributed by atoms with Crippen molar-refractivity contribution in [2.45, 2.75) is 166 Å². The fraction of sp³-hybridized carbons (Fsp3) is 0.471. The molecule has 4 heterocycles. The number of nitrogens with one attached hydrogen (secondary N) is 12. The molecule has 10 atom stereocenters. The second kappa shape index (κ2) is 37.1. The zero-order chi connectivity index (χ0) is 71.7. The summed E-state index contributed by atoms with van der Waals surface area (Å²) in [5.41, 5.74) is 44.1. The van der Waals surface area contributed by atoms with Crippen molar-refractivity contribution in [1.29, 1.82) is 0 Å². The molecule has 26 N–H and O–H groups in total. The van der Waals surface area contributed by atoms with Crippen molar-refractivity contribution >= 4 is 104 Å². The molecule has 0 saturated carbocycles. The van der Waals surface area contributed by atoms with Crippen molar-refractivity contribution in [2.75, 3.05) is 26.2 Å². The number of aromatic nitrogens is 3. The summed E-state index contributed by atoms with van der Waals surface area (Å²) < 4.78 is 0. The second-order valence-corrected chi connectivity index (χ2v) is 25.4. The van der Waals surface area contributed by atoms with Crippen LogP contribution >= 0.6 is 0 Å². The van der Waals surface area contributed by atoms with Gasteiger partial charge in [0.25, 0.3) is 0 Å². The van der Waals surface area contributed by atoms with Crippen LogP contribution in [0.15, 0.2) is 106 Å². The number of fused-ring (bicyclic) bond motifs is 3. The Morgan fingerprint density at radius 2 is 0.657 bits per heavy atom. The van der Waals surface area contributed by atoms with E-state index >= 15 is 38.4 Å². The smallest absolute Gasteiger partial charge is 0.243 e. The van der Waals surface area contributed by atoms with Crippen molar-refractivity contribution < 1.29 is 43.2 Å². The van der Waals surface area contributed by atoms with E-state index in [-0.39, 0.29) is 108 Å². The molecule has 0 radical (unpaired) electrons. The lowest BCUT2D eigenvalue weighted by Gasteiger charge is -2.30. The third-order valence-corrected chi connectivity index (χ3v) is 17.6. The standard InChI is InChI=1S/C68H98N22O9/c1-5-38(4)56-65(99)85-48(23-12-13-27-69)58(92)86-52(31-39-34-79-45-20-9-6-17-42(39)45)61(95)83-49(24-14-28-76-66(70)71)57(91)82-50(25-15-29-77-67(72)73)59(93)87-53(32-40-35-80-46-21-10-7-18-43(40)46)62(96)89-55(37(2)3)64(98)84-51(26-16-30-78-68(74)75)60(94)88-54(63(97)90-56)33-41-36-81-47-22-11-8-19-44(41)47/h6-11,17-22,34-38,48-56,79-81H,5,12-16,23-33,69H2,1-4H3,(H,82,91)(H,83,95)(H,84,98)(H,85,99)(H,86,92)(H,87,93)(H,88,94)(H,89,96)(H,90,97)(H4,70,71,76)(H4,72,73,77)(H4,74,75,78)/t38-,48-,49-,50-,51-,52-,53-,54-,55-,56-/m0/s1. The number of carbonyl (C=O) groups is 9. The van der Waals surface area contributed by atoms with Crippen LogP contribution in [0.25, 0.3) is 32.7 Å². The number of hydrogen-bond acceptors (Lipinski definition) is 13. The first kappa shape index (κ1) is 75.7. The van der Waals surface area contributed by atoms with Gasteiger partial charge in [0.15, 0.2) is 17.9 Å². The van der Waals surface area contributed by atoms with Crippen molar-refractivity contribution in [3.63, 3.8) is 0 Å². The van der Waals surface area contributed by atoms with Gasteiger partial charge in [-0.1, -0.05) is 88.7 Å². The van der Waals surface area contributed by atoms with Gasteiger partial charge in [0.2, 0.25) is 53.2 Å². The van der Waals surface area contributed by atoms with E-state index < -0.39 is 119 Å².